The van der Waals surface area contributed by atoms with Gasteiger partial charge in [0.2, 0.25) is 5.89 Å². The summed E-state index contributed by atoms with van der Waals surface area (Å²) in [5.41, 5.74) is 1.17. The smallest absolute Gasteiger partial charge is 0.350 e. The zero-order chi connectivity index (χ0) is 14.0. The summed E-state index contributed by atoms with van der Waals surface area (Å²) in [7, 11) is 1.28. The van der Waals surface area contributed by atoms with Gasteiger partial charge in [0.1, 0.15) is 4.88 Å². The first-order chi connectivity index (χ1) is 9.02. The van der Waals surface area contributed by atoms with E-state index in [1.807, 2.05) is 0 Å². The van der Waals surface area contributed by atoms with Crippen LogP contribution in [0.3, 0.4) is 0 Å². The highest BCUT2D eigenvalue weighted by Crippen LogP contribution is 2.28. The van der Waals surface area contributed by atoms with Gasteiger partial charge in [-0.1, -0.05) is 5.16 Å². The van der Waals surface area contributed by atoms with Crippen LogP contribution in [-0.2, 0) is 4.74 Å². The number of carbonyl (C=O) groups is 2. The molecule has 0 atom stereocenters. The van der Waals surface area contributed by atoms with Crippen LogP contribution in [0.4, 0.5) is 5.69 Å². The fraction of sp³-hybridized carbons (Fsp3) is 0.273. The van der Waals surface area contributed by atoms with E-state index in [0.717, 1.165) is 5.56 Å². The minimum absolute atomic E-state index is 0.0843. The number of hydrogen-bond acceptors (Lipinski definition) is 7. The predicted octanol–water partition coefficient (Wildman–Crippen LogP) is 1.79. The van der Waals surface area contributed by atoms with Gasteiger partial charge in [-0.3, -0.25) is 4.79 Å². The zero-order valence-electron chi connectivity index (χ0n) is 10.5. The van der Waals surface area contributed by atoms with E-state index in [4.69, 9.17) is 4.52 Å². The number of aromatic nitrogens is 2. The van der Waals surface area contributed by atoms with E-state index in [9.17, 15) is 9.59 Å². The fourth-order valence-electron chi connectivity index (χ4n) is 1.40. The summed E-state index contributed by atoms with van der Waals surface area (Å²) < 4.78 is 9.38. The Bertz CT molecular complexity index is 632. The van der Waals surface area contributed by atoms with Crippen molar-refractivity contribution < 1.29 is 18.8 Å². The number of hydrogen-bond donors (Lipinski definition) is 1. The molecule has 2 aromatic rings. The molecule has 0 radical (unpaired) electrons. The summed E-state index contributed by atoms with van der Waals surface area (Å²) in [4.78, 5) is 27.6. The maximum atomic E-state index is 11.9. The largest absolute Gasteiger partial charge is 0.465 e. The monoisotopic (exact) mass is 281 g/mol. The maximum absolute atomic E-state index is 11.9. The number of nitrogens with one attached hydrogen (secondary N) is 1. The normalized spacial score (nSPS) is 10.3. The van der Waals surface area contributed by atoms with E-state index in [1.54, 1.807) is 19.2 Å². The van der Waals surface area contributed by atoms with Gasteiger partial charge in [-0.25, -0.2) is 4.79 Å². The molecule has 0 saturated heterocycles. The van der Waals surface area contributed by atoms with Crippen LogP contribution in [0.2, 0.25) is 0 Å². The fourth-order valence-corrected chi connectivity index (χ4v) is 2.33. The predicted molar refractivity (Wildman–Crippen MR) is 67.4 cm³/mol. The summed E-state index contributed by atoms with van der Waals surface area (Å²) in [6.45, 7) is 3.36. The standard InChI is InChI=1S/C11H11N3O4S/c1-5-4-19-8(11(16)17-3)7(5)13-10(15)9-12-6(2)18-14-9/h4H,1-3H3,(H,13,15). The Labute approximate surface area is 112 Å². The molecule has 100 valence electrons. The molecule has 0 aliphatic heterocycles. The molecule has 0 aliphatic carbocycles. The van der Waals surface area contributed by atoms with E-state index in [2.05, 4.69) is 20.2 Å². The summed E-state index contributed by atoms with van der Waals surface area (Å²) in [6, 6.07) is 0. The molecule has 0 aromatic carbocycles. The van der Waals surface area contributed by atoms with Crippen molar-refractivity contribution in [3.63, 3.8) is 0 Å². The van der Waals surface area contributed by atoms with Crippen molar-refractivity contribution in [1.29, 1.82) is 0 Å². The Morgan fingerprint density at radius 1 is 1.42 bits per heavy atom. The van der Waals surface area contributed by atoms with Crippen LogP contribution in [0.5, 0.6) is 0 Å². The average Bonchev–Trinajstić information content (AvgIpc) is 2.96. The van der Waals surface area contributed by atoms with Crippen molar-refractivity contribution in [1.82, 2.24) is 10.1 Å². The van der Waals surface area contributed by atoms with Gasteiger partial charge < -0.3 is 14.6 Å². The first-order valence-electron chi connectivity index (χ1n) is 5.31. The number of carbonyl (C=O) groups excluding carboxylic acids is 2. The van der Waals surface area contributed by atoms with Crippen LogP contribution in [0.15, 0.2) is 9.90 Å². The van der Waals surface area contributed by atoms with E-state index in [1.165, 1.54) is 18.4 Å². The Morgan fingerprint density at radius 3 is 2.74 bits per heavy atom. The Balaban J connectivity index is 2.26. The third kappa shape index (κ3) is 2.63. The summed E-state index contributed by atoms with van der Waals surface area (Å²) in [5, 5.41) is 7.85. The minimum atomic E-state index is -0.538. The molecule has 7 nitrogen and oxygen atoms in total. The van der Waals surface area contributed by atoms with E-state index in [-0.39, 0.29) is 5.82 Å². The number of aryl methyl sites for hydroxylation is 2. The lowest BCUT2D eigenvalue weighted by Crippen LogP contribution is -2.16. The second-order valence-corrected chi connectivity index (χ2v) is 4.59. The van der Waals surface area contributed by atoms with Crippen LogP contribution < -0.4 is 5.32 Å². The lowest BCUT2D eigenvalue weighted by Gasteiger charge is -2.04. The van der Waals surface area contributed by atoms with Gasteiger partial charge >= 0.3 is 5.97 Å². The molecule has 1 amide bonds. The Kier molecular flexibility index (Phi) is 3.61. The van der Waals surface area contributed by atoms with Crippen LogP contribution in [0.25, 0.3) is 0 Å². The molecule has 8 heteroatoms. The van der Waals surface area contributed by atoms with Crippen LogP contribution in [-0.4, -0.2) is 29.1 Å². The molecule has 19 heavy (non-hydrogen) atoms. The molecule has 2 heterocycles. The van der Waals surface area contributed by atoms with Crippen molar-refractivity contribution in [3.05, 3.63) is 27.5 Å². The SMILES string of the molecule is COC(=O)c1scc(C)c1NC(=O)c1noc(C)n1. The summed E-state index contributed by atoms with van der Waals surface area (Å²) >= 11 is 1.20. The number of methoxy groups -OCH3 is 1. The molecular formula is C11H11N3O4S. The van der Waals surface area contributed by atoms with Crippen LogP contribution in [0, 0.1) is 13.8 Å². The van der Waals surface area contributed by atoms with Crippen molar-refractivity contribution in [3.8, 4) is 0 Å². The van der Waals surface area contributed by atoms with Gasteiger partial charge in [0, 0.05) is 6.92 Å². The van der Waals surface area contributed by atoms with E-state index >= 15 is 0 Å². The number of ether oxygens (including phenoxy) is 1. The van der Waals surface area contributed by atoms with Crippen molar-refractivity contribution in [2.45, 2.75) is 13.8 Å². The van der Waals surface area contributed by atoms with Gasteiger partial charge in [0.15, 0.2) is 0 Å². The van der Waals surface area contributed by atoms with Crippen molar-refractivity contribution in [2.24, 2.45) is 0 Å². The first kappa shape index (κ1) is 13.2. The molecule has 2 aromatic heterocycles. The minimum Gasteiger partial charge on any atom is -0.465 e. The molecule has 0 aliphatic rings. The highest BCUT2D eigenvalue weighted by molar-refractivity contribution is 7.12. The topological polar surface area (TPSA) is 94.3 Å². The Morgan fingerprint density at radius 2 is 2.16 bits per heavy atom. The molecule has 2 rings (SSSR count). The number of esters is 1. The molecule has 0 unspecified atom stereocenters. The third-order valence-corrected chi connectivity index (χ3v) is 3.39. The maximum Gasteiger partial charge on any atom is 0.350 e. The van der Waals surface area contributed by atoms with Gasteiger partial charge in [-0.15, -0.1) is 11.3 Å². The van der Waals surface area contributed by atoms with E-state index < -0.39 is 11.9 Å². The second kappa shape index (κ2) is 5.19. The molecule has 0 fully saturated rings. The van der Waals surface area contributed by atoms with Gasteiger partial charge in [0.25, 0.3) is 11.7 Å². The number of amides is 1. The molecule has 1 N–H and O–H groups in total. The Hall–Kier alpha value is -2.22. The highest BCUT2D eigenvalue weighted by atomic mass is 32.1. The number of rotatable bonds is 3. The van der Waals surface area contributed by atoms with Gasteiger partial charge in [0.05, 0.1) is 12.8 Å². The summed E-state index contributed by atoms with van der Waals surface area (Å²) in [6.07, 6.45) is 0. The van der Waals surface area contributed by atoms with Crippen molar-refractivity contribution in [2.75, 3.05) is 12.4 Å². The number of nitrogens with zero attached hydrogens (tertiary/aromatic N) is 2. The van der Waals surface area contributed by atoms with E-state index in [0.29, 0.717) is 16.5 Å². The lowest BCUT2D eigenvalue weighted by atomic mass is 10.2. The zero-order valence-corrected chi connectivity index (χ0v) is 11.3. The quantitative estimate of drug-likeness (QED) is 0.862. The third-order valence-electron chi connectivity index (χ3n) is 2.31. The highest BCUT2D eigenvalue weighted by Gasteiger charge is 2.21. The van der Waals surface area contributed by atoms with Crippen LogP contribution >= 0.6 is 11.3 Å². The molecule has 0 bridgehead atoms. The van der Waals surface area contributed by atoms with Gasteiger partial charge in [-0.05, 0) is 17.9 Å². The molecule has 0 saturated carbocycles. The molecule has 0 spiro atoms. The lowest BCUT2D eigenvalue weighted by molar-refractivity contribution is 0.0607. The summed E-state index contributed by atoms with van der Waals surface area (Å²) in [5.74, 6) is -0.833. The van der Waals surface area contributed by atoms with Crippen molar-refractivity contribution >= 4 is 28.9 Å². The van der Waals surface area contributed by atoms with Crippen LogP contribution in [0.1, 0.15) is 31.7 Å². The second-order valence-electron chi connectivity index (χ2n) is 3.71. The molecular weight excluding hydrogens is 270 g/mol. The number of anilines is 1. The average molecular weight is 281 g/mol. The first-order valence-corrected chi connectivity index (χ1v) is 6.19. The van der Waals surface area contributed by atoms with Gasteiger partial charge in [-0.2, -0.15) is 4.98 Å². The number of thiophene rings is 1.